The molecule has 1 aromatic rings. The molecule has 0 unspecified atom stereocenters. The van der Waals surface area contributed by atoms with Crippen LogP contribution in [0.4, 0.5) is 0 Å². The van der Waals surface area contributed by atoms with Gasteiger partial charge in [0.05, 0.1) is 6.04 Å². The lowest BCUT2D eigenvalue weighted by atomic mass is 10.0. The molecule has 0 aliphatic carbocycles. The summed E-state index contributed by atoms with van der Waals surface area (Å²) >= 11 is 3.83. The first kappa shape index (κ1) is 15.1. The fraction of sp³-hybridized carbons (Fsp3) is 0.167. The summed E-state index contributed by atoms with van der Waals surface area (Å²) in [5.41, 5.74) is 5.19. The van der Waals surface area contributed by atoms with Gasteiger partial charge in [-0.25, -0.2) is 4.79 Å². The van der Waals surface area contributed by atoms with Crippen molar-refractivity contribution in [1.82, 2.24) is 0 Å². The number of carbonyl (C=O) groups excluding carboxylic acids is 1. The van der Waals surface area contributed by atoms with Gasteiger partial charge in [-0.05, 0) is 23.8 Å². The average molecular weight is 283 g/mol. The zero-order valence-corrected chi connectivity index (χ0v) is 10.7. The molecule has 0 saturated carbocycles. The number of nitrogens with two attached hydrogens (primary N) is 1. The van der Waals surface area contributed by atoms with Gasteiger partial charge in [0.15, 0.2) is 17.3 Å². The molecule has 5 N–H and O–H groups in total. The van der Waals surface area contributed by atoms with Crippen LogP contribution in [-0.2, 0) is 9.59 Å². The standard InChI is InChI=1S/C12H13NO5S/c13-8(5-19)11(16)7(12(17)18)3-6-1-2-9(14)10(15)4-6/h1-4,8,14-15,19H,5,13H2,(H,17,18)/b7-3+/t8-/m0/s1. The number of hydrogen-bond acceptors (Lipinski definition) is 6. The normalized spacial score (nSPS) is 13.1. The number of rotatable bonds is 5. The van der Waals surface area contributed by atoms with E-state index in [2.05, 4.69) is 12.6 Å². The maximum Gasteiger partial charge on any atom is 0.339 e. The van der Waals surface area contributed by atoms with Crippen LogP contribution < -0.4 is 5.73 Å². The molecule has 0 spiro atoms. The predicted molar refractivity (Wildman–Crippen MR) is 72.2 cm³/mol. The smallest absolute Gasteiger partial charge is 0.339 e. The van der Waals surface area contributed by atoms with Gasteiger partial charge in [0.25, 0.3) is 0 Å². The van der Waals surface area contributed by atoms with E-state index in [0.29, 0.717) is 0 Å². The molecule has 0 aromatic heterocycles. The molecule has 1 aromatic carbocycles. The molecular formula is C12H13NO5S. The van der Waals surface area contributed by atoms with Crippen LogP contribution in [0.1, 0.15) is 5.56 Å². The Labute approximate surface area is 114 Å². The van der Waals surface area contributed by atoms with Gasteiger partial charge in [-0.2, -0.15) is 12.6 Å². The van der Waals surface area contributed by atoms with Crippen LogP contribution in [0.2, 0.25) is 0 Å². The van der Waals surface area contributed by atoms with Crippen LogP contribution in [0.25, 0.3) is 6.08 Å². The third-order valence-corrected chi connectivity index (χ3v) is 2.73. The van der Waals surface area contributed by atoms with Gasteiger partial charge in [-0.15, -0.1) is 0 Å². The van der Waals surface area contributed by atoms with Crippen molar-refractivity contribution in [2.75, 3.05) is 5.75 Å². The molecule has 0 bridgehead atoms. The lowest BCUT2D eigenvalue weighted by molar-refractivity contribution is -0.134. The van der Waals surface area contributed by atoms with E-state index in [4.69, 9.17) is 15.9 Å². The summed E-state index contributed by atoms with van der Waals surface area (Å²) in [5.74, 6) is -2.91. The van der Waals surface area contributed by atoms with Gasteiger partial charge < -0.3 is 21.1 Å². The molecule has 0 amide bonds. The maximum atomic E-state index is 11.7. The van der Waals surface area contributed by atoms with Crippen molar-refractivity contribution in [3.05, 3.63) is 29.3 Å². The molecule has 0 heterocycles. The van der Waals surface area contributed by atoms with Gasteiger partial charge in [0.2, 0.25) is 0 Å². The average Bonchev–Trinajstić information content (AvgIpc) is 2.37. The number of hydrogen-bond donors (Lipinski definition) is 5. The van der Waals surface area contributed by atoms with Crippen molar-refractivity contribution in [1.29, 1.82) is 0 Å². The van der Waals surface area contributed by atoms with Crippen molar-refractivity contribution < 1.29 is 24.9 Å². The SMILES string of the molecule is N[C@@H](CS)C(=O)/C(=C\c1ccc(O)c(O)c1)C(=O)O. The Balaban J connectivity index is 3.18. The highest BCUT2D eigenvalue weighted by Crippen LogP contribution is 2.26. The van der Waals surface area contributed by atoms with Gasteiger partial charge in [0, 0.05) is 5.75 Å². The van der Waals surface area contributed by atoms with Gasteiger partial charge in [-0.1, -0.05) is 6.07 Å². The second-order valence-electron chi connectivity index (χ2n) is 3.76. The number of Topliss-reactive ketones (excluding diaryl/α,β-unsaturated/α-hetero) is 1. The van der Waals surface area contributed by atoms with Crippen LogP contribution in [0.5, 0.6) is 11.5 Å². The van der Waals surface area contributed by atoms with Crippen LogP contribution in [0, 0.1) is 0 Å². The Morgan fingerprint density at radius 2 is 1.95 bits per heavy atom. The molecular weight excluding hydrogens is 270 g/mol. The predicted octanol–water partition coefficient (Wildman–Crippen LogP) is 0.392. The molecule has 102 valence electrons. The minimum atomic E-state index is -1.42. The highest BCUT2D eigenvalue weighted by atomic mass is 32.1. The highest BCUT2D eigenvalue weighted by Gasteiger charge is 2.22. The molecule has 19 heavy (non-hydrogen) atoms. The summed E-state index contributed by atoms with van der Waals surface area (Å²) in [4.78, 5) is 22.8. The Morgan fingerprint density at radius 1 is 1.32 bits per heavy atom. The van der Waals surface area contributed by atoms with E-state index < -0.39 is 29.1 Å². The van der Waals surface area contributed by atoms with E-state index in [9.17, 15) is 14.7 Å². The van der Waals surface area contributed by atoms with Crippen LogP contribution in [0.3, 0.4) is 0 Å². The molecule has 0 radical (unpaired) electrons. The highest BCUT2D eigenvalue weighted by molar-refractivity contribution is 7.80. The molecule has 6 nitrogen and oxygen atoms in total. The Hall–Kier alpha value is -1.99. The second kappa shape index (κ2) is 6.26. The summed E-state index contributed by atoms with van der Waals surface area (Å²) in [5, 5.41) is 27.4. The molecule has 1 atom stereocenters. The number of aromatic hydroxyl groups is 2. The number of carbonyl (C=O) groups is 2. The first-order valence-corrected chi connectivity index (χ1v) is 5.87. The monoisotopic (exact) mass is 283 g/mol. The molecule has 0 saturated heterocycles. The van der Waals surface area contributed by atoms with Gasteiger partial charge >= 0.3 is 5.97 Å². The third kappa shape index (κ3) is 3.73. The van der Waals surface area contributed by atoms with E-state index in [1.807, 2.05) is 0 Å². The molecule has 0 aliphatic heterocycles. The largest absolute Gasteiger partial charge is 0.504 e. The van der Waals surface area contributed by atoms with Crippen LogP contribution in [-0.4, -0.2) is 38.9 Å². The lowest BCUT2D eigenvalue weighted by Gasteiger charge is -2.08. The second-order valence-corrected chi connectivity index (χ2v) is 4.13. The molecule has 1 rings (SSSR count). The number of ketones is 1. The number of phenolic OH excluding ortho intramolecular Hbond substituents is 2. The van der Waals surface area contributed by atoms with Gasteiger partial charge in [0.1, 0.15) is 5.57 Å². The zero-order valence-electron chi connectivity index (χ0n) is 9.78. The first-order chi connectivity index (χ1) is 8.86. The lowest BCUT2D eigenvalue weighted by Crippen LogP contribution is -2.35. The number of carboxylic acid groups (broad SMARTS) is 1. The van der Waals surface area contributed by atoms with Crippen molar-refractivity contribution in [2.45, 2.75) is 6.04 Å². The Kier molecular flexibility index (Phi) is 4.96. The molecule has 7 heteroatoms. The van der Waals surface area contributed by atoms with Crippen molar-refractivity contribution in [2.24, 2.45) is 5.73 Å². The Bertz CT molecular complexity index is 541. The first-order valence-electron chi connectivity index (χ1n) is 5.24. The van der Waals surface area contributed by atoms with Crippen molar-refractivity contribution >= 4 is 30.5 Å². The number of thiol groups is 1. The quantitative estimate of drug-likeness (QED) is 0.175. The fourth-order valence-electron chi connectivity index (χ4n) is 1.32. The topological polar surface area (TPSA) is 121 Å². The third-order valence-electron chi connectivity index (χ3n) is 2.34. The van der Waals surface area contributed by atoms with Crippen molar-refractivity contribution in [3.8, 4) is 11.5 Å². The van der Waals surface area contributed by atoms with E-state index in [0.717, 1.165) is 12.1 Å². The molecule has 0 fully saturated rings. The summed E-state index contributed by atoms with van der Waals surface area (Å²) in [6, 6.07) is 2.66. The van der Waals surface area contributed by atoms with E-state index in [1.54, 1.807) is 0 Å². The summed E-state index contributed by atoms with van der Waals surface area (Å²) < 4.78 is 0. The summed E-state index contributed by atoms with van der Waals surface area (Å²) in [6.45, 7) is 0. The minimum absolute atomic E-state index is 0.0181. The summed E-state index contributed by atoms with van der Waals surface area (Å²) in [7, 11) is 0. The van der Waals surface area contributed by atoms with Gasteiger partial charge in [-0.3, -0.25) is 4.79 Å². The van der Waals surface area contributed by atoms with E-state index in [1.165, 1.54) is 12.1 Å². The molecule has 0 aliphatic rings. The fourth-order valence-corrected chi connectivity index (χ4v) is 1.48. The van der Waals surface area contributed by atoms with E-state index >= 15 is 0 Å². The van der Waals surface area contributed by atoms with Crippen LogP contribution >= 0.6 is 12.6 Å². The Morgan fingerprint density at radius 3 is 2.42 bits per heavy atom. The van der Waals surface area contributed by atoms with Crippen molar-refractivity contribution in [3.63, 3.8) is 0 Å². The van der Waals surface area contributed by atoms with Crippen LogP contribution in [0.15, 0.2) is 23.8 Å². The number of phenols is 2. The summed E-state index contributed by atoms with van der Waals surface area (Å²) in [6.07, 6.45) is 1.08. The maximum absolute atomic E-state index is 11.7. The number of aliphatic carboxylic acids is 1. The van der Waals surface area contributed by atoms with E-state index in [-0.39, 0.29) is 17.1 Å². The minimum Gasteiger partial charge on any atom is -0.504 e. The number of benzene rings is 1. The number of carboxylic acids is 1. The zero-order chi connectivity index (χ0) is 14.6.